The van der Waals surface area contributed by atoms with Crippen LogP contribution in [-0.4, -0.2) is 45.9 Å². The summed E-state index contributed by atoms with van der Waals surface area (Å²) in [5.74, 6) is 0.646. The first kappa shape index (κ1) is 20.7. The van der Waals surface area contributed by atoms with Gasteiger partial charge < -0.3 is 20.1 Å². The predicted octanol–water partition coefficient (Wildman–Crippen LogP) is 2.26. The summed E-state index contributed by atoms with van der Waals surface area (Å²) >= 11 is 0. The van der Waals surface area contributed by atoms with Crippen LogP contribution in [0.2, 0.25) is 0 Å². The zero-order chi connectivity index (χ0) is 16.5. The molecule has 1 aliphatic heterocycles. The van der Waals surface area contributed by atoms with E-state index >= 15 is 0 Å². The quantitative estimate of drug-likeness (QED) is 0.750. The summed E-state index contributed by atoms with van der Waals surface area (Å²) in [6, 6.07) is 9.58. The number of rotatable bonds is 8. The Morgan fingerprint density at radius 2 is 1.96 bits per heavy atom. The van der Waals surface area contributed by atoms with E-state index in [9.17, 15) is 4.79 Å². The van der Waals surface area contributed by atoms with Gasteiger partial charge in [-0.05, 0) is 38.1 Å². The van der Waals surface area contributed by atoms with Gasteiger partial charge in [0.15, 0.2) is 0 Å². The second-order valence-corrected chi connectivity index (χ2v) is 6.43. The Kier molecular flexibility index (Phi) is 9.11. The maximum atomic E-state index is 12.3. The van der Waals surface area contributed by atoms with Crippen molar-refractivity contribution in [3.8, 4) is 5.75 Å². The SMILES string of the molecule is COCC1(CNC(=O)C(C)COc2ccccc2)CCNCC1.Cl. The Hall–Kier alpha value is -1.30. The lowest BCUT2D eigenvalue weighted by Gasteiger charge is -2.37. The van der Waals surface area contributed by atoms with Crippen LogP contribution in [0.25, 0.3) is 0 Å². The normalized spacial score (nSPS) is 17.4. The molecule has 1 amide bonds. The van der Waals surface area contributed by atoms with E-state index in [-0.39, 0.29) is 29.6 Å². The van der Waals surface area contributed by atoms with Crippen molar-refractivity contribution in [3.63, 3.8) is 0 Å². The molecule has 1 atom stereocenters. The molecule has 5 nitrogen and oxygen atoms in total. The van der Waals surface area contributed by atoms with Gasteiger partial charge in [-0.25, -0.2) is 0 Å². The van der Waals surface area contributed by atoms with Crippen LogP contribution in [0.4, 0.5) is 0 Å². The predicted molar refractivity (Wildman–Crippen MR) is 97.8 cm³/mol. The van der Waals surface area contributed by atoms with Crippen molar-refractivity contribution in [2.75, 3.05) is 40.0 Å². The molecule has 1 heterocycles. The van der Waals surface area contributed by atoms with Crippen molar-refractivity contribution in [1.82, 2.24) is 10.6 Å². The Labute approximate surface area is 150 Å². The van der Waals surface area contributed by atoms with Gasteiger partial charge >= 0.3 is 0 Å². The number of halogens is 1. The number of carbonyl (C=O) groups is 1. The second-order valence-electron chi connectivity index (χ2n) is 6.43. The molecular weight excluding hydrogens is 328 g/mol. The van der Waals surface area contributed by atoms with E-state index in [4.69, 9.17) is 9.47 Å². The smallest absolute Gasteiger partial charge is 0.226 e. The van der Waals surface area contributed by atoms with Gasteiger partial charge in [0.05, 0.1) is 19.1 Å². The van der Waals surface area contributed by atoms with Crippen molar-refractivity contribution in [2.45, 2.75) is 19.8 Å². The number of methoxy groups -OCH3 is 1. The first-order chi connectivity index (χ1) is 11.2. The monoisotopic (exact) mass is 356 g/mol. The minimum absolute atomic E-state index is 0. The molecule has 0 aromatic heterocycles. The lowest BCUT2D eigenvalue weighted by Crippen LogP contribution is -2.48. The summed E-state index contributed by atoms with van der Waals surface area (Å²) in [5, 5.41) is 6.45. The minimum Gasteiger partial charge on any atom is -0.493 e. The second kappa shape index (κ2) is 10.5. The van der Waals surface area contributed by atoms with E-state index in [1.807, 2.05) is 37.3 Å². The maximum absolute atomic E-state index is 12.3. The van der Waals surface area contributed by atoms with Gasteiger partial charge in [-0.1, -0.05) is 25.1 Å². The average Bonchev–Trinajstić information content (AvgIpc) is 2.59. The van der Waals surface area contributed by atoms with E-state index in [2.05, 4.69) is 10.6 Å². The van der Waals surface area contributed by atoms with E-state index in [1.54, 1.807) is 7.11 Å². The van der Waals surface area contributed by atoms with E-state index in [0.717, 1.165) is 31.7 Å². The number of hydrogen-bond acceptors (Lipinski definition) is 4. The van der Waals surface area contributed by atoms with E-state index < -0.39 is 0 Å². The van der Waals surface area contributed by atoms with Crippen molar-refractivity contribution in [1.29, 1.82) is 0 Å². The third-order valence-corrected chi connectivity index (χ3v) is 4.44. The van der Waals surface area contributed by atoms with Crippen LogP contribution in [0.3, 0.4) is 0 Å². The van der Waals surface area contributed by atoms with Gasteiger partial charge in [0.1, 0.15) is 5.75 Å². The average molecular weight is 357 g/mol. The summed E-state index contributed by atoms with van der Waals surface area (Å²) < 4.78 is 11.0. The molecule has 1 aliphatic rings. The lowest BCUT2D eigenvalue weighted by atomic mass is 9.79. The number of para-hydroxylation sites is 1. The summed E-state index contributed by atoms with van der Waals surface area (Å²) in [6.45, 7) is 5.58. The van der Waals surface area contributed by atoms with Crippen LogP contribution in [0.5, 0.6) is 5.75 Å². The van der Waals surface area contributed by atoms with Crippen LogP contribution >= 0.6 is 12.4 Å². The van der Waals surface area contributed by atoms with Crippen molar-refractivity contribution < 1.29 is 14.3 Å². The Morgan fingerprint density at radius 1 is 1.29 bits per heavy atom. The zero-order valence-electron chi connectivity index (χ0n) is 14.5. The Balaban J connectivity index is 0.00000288. The van der Waals surface area contributed by atoms with Gasteiger partial charge in [0.25, 0.3) is 0 Å². The number of piperidine rings is 1. The molecule has 136 valence electrons. The molecule has 2 N–H and O–H groups in total. The summed E-state index contributed by atoms with van der Waals surface area (Å²) in [6.07, 6.45) is 2.05. The molecule has 0 bridgehead atoms. The number of amides is 1. The molecular formula is C18H29ClN2O3. The van der Waals surface area contributed by atoms with Gasteiger partial charge in [-0.15, -0.1) is 12.4 Å². The number of hydrogen-bond donors (Lipinski definition) is 2. The molecule has 1 fully saturated rings. The standard InChI is InChI=1S/C18H28N2O3.ClH/c1-15(12-23-16-6-4-3-5-7-16)17(21)20-13-18(14-22-2)8-10-19-11-9-18;/h3-7,15,19H,8-14H2,1-2H3,(H,20,21);1H. The summed E-state index contributed by atoms with van der Waals surface area (Å²) in [5.41, 5.74) is 0.0513. The molecule has 0 radical (unpaired) electrons. The van der Waals surface area contributed by atoms with Crippen molar-refractivity contribution >= 4 is 18.3 Å². The molecule has 2 rings (SSSR count). The molecule has 0 saturated carbocycles. The number of carbonyl (C=O) groups excluding carboxylic acids is 1. The van der Waals surface area contributed by atoms with Crippen LogP contribution in [0.1, 0.15) is 19.8 Å². The fourth-order valence-corrected chi connectivity index (χ4v) is 2.90. The van der Waals surface area contributed by atoms with E-state index in [0.29, 0.717) is 19.8 Å². The summed E-state index contributed by atoms with van der Waals surface area (Å²) in [7, 11) is 1.72. The van der Waals surface area contributed by atoms with Crippen LogP contribution in [0.15, 0.2) is 30.3 Å². The molecule has 24 heavy (non-hydrogen) atoms. The Morgan fingerprint density at radius 3 is 2.58 bits per heavy atom. The lowest BCUT2D eigenvalue weighted by molar-refractivity contribution is -0.126. The molecule has 0 aliphatic carbocycles. The van der Waals surface area contributed by atoms with Gasteiger partial charge in [-0.2, -0.15) is 0 Å². The highest BCUT2D eigenvalue weighted by atomic mass is 35.5. The highest BCUT2D eigenvalue weighted by molar-refractivity contribution is 5.85. The zero-order valence-corrected chi connectivity index (χ0v) is 15.4. The van der Waals surface area contributed by atoms with Gasteiger partial charge in [-0.3, -0.25) is 4.79 Å². The van der Waals surface area contributed by atoms with Crippen molar-refractivity contribution in [3.05, 3.63) is 30.3 Å². The molecule has 0 spiro atoms. The van der Waals surface area contributed by atoms with Crippen LogP contribution < -0.4 is 15.4 Å². The third-order valence-electron chi connectivity index (χ3n) is 4.44. The van der Waals surface area contributed by atoms with Crippen LogP contribution in [0, 0.1) is 11.3 Å². The fraction of sp³-hybridized carbons (Fsp3) is 0.611. The molecule has 6 heteroatoms. The largest absolute Gasteiger partial charge is 0.493 e. The number of ether oxygens (including phenoxy) is 2. The van der Waals surface area contributed by atoms with Gasteiger partial charge in [0.2, 0.25) is 5.91 Å². The molecule has 1 aromatic carbocycles. The summed E-state index contributed by atoms with van der Waals surface area (Å²) in [4.78, 5) is 12.3. The number of benzene rings is 1. The third kappa shape index (κ3) is 6.30. The van der Waals surface area contributed by atoms with Crippen LogP contribution in [-0.2, 0) is 9.53 Å². The molecule has 1 unspecified atom stereocenters. The minimum atomic E-state index is -0.184. The molecule has 1 aromatic rings. The highest BCUT2D eigenvalue weighted by Gasteiger charge is 2.32. The molecule has 1 saturated heterocycles. The number of nitrogens with one attached hydrogen (secondary N) is 2. The van der Waals surface area contributed by atoms with Crippen molar-refractivity contribution in [2.24, 2.45) is 11.3 Å². The topological polar surface area (TPSA) is 59.6 Å². The Bertz CT molecular complexity index is 473. The highest BCUT2D eigenvalue weighted by Crippen LogP contribution is 2.28. The van der Waals surface area contributed by atoms with Gasteiger partial charge in [0, 0.05) is 19.1 Å². The first-order valence-electron chi connectivity index (χ1n) is 8.30. The first-order valence-corrected chi connectivity index (χ1v) is 8.30. The van der Waals surface area contributed by atoms with E-state index in [1.165, 1.54) is 0 Å². The fourth-order valence-electron chi connectivity index (χ4n) is 2.90. The maximum Gasteiger partial charge on any atom is 0.226 e.